The molecule has 0 aliphatic heterocycles. The molecule has 0 spiro atoms. The van der Waals surface area contributed by atoms with Crippen molar-refractivity contribution in [2.75, 3.05) is 0 Å². The second-order valence-corrected chi connectivity index (χ2v) is 3.66. The molecule has 0 atom stereocenters. The predicted molar refractivity (Wildman–Crippen MR) is 61.6 cm³/mol. The van der Waals surface area contributed by atoms with Crippen molar-refractivity contribution >= 4 is 28.3 Å². The van der Waals surface area contributed by atoms with Crippen molar-refractivity contribution in [1.82, 2.24) is 9.97 Å². The highest BCUT2D eigenvalue weighted by atomic mass is 35.5. The Morgan fingerprint density at radius 3 is 2.50 bits per heavy atom. The average Bonchev–Trinajstić information content (AvgIpc) is 2.30. The summed E-state index contributed by atoms with van der Waals surface area (Å²) in [5, 5.41) is 19.3. The number of nitro benzene ring substituents is 1. The van der Waals surface area contributed by atoms with E-state index in [1.165, 1.54) is 0 Å². The third-order valence-electron chi connectivity index (χ3n) is 2.25. The van der Waals surface area contributed by atoms with Gasteiger partial charge in [0.25, 0.3) is 5.69 Å². The highest BCUT2D eigenvalue weighted by Gasteiger charge is 2.21. The fourth-order valence-electron chi connectivity index (χ4n) is 1.46. The third-order valence-corrected chi connectivity index (χ3v) is 2.63. The van der Waals surface area contributed by atoms with Gasteiger partial charge in [-0.15, -0.1) is 0 Å². The monoisotopic (exact) mass is 266 g/mol. The van der Waals surface area contributed by atoms with E-state index in [9.17, 15) is 19.7 Å². The molecule has 2 rings (SSSR count). The second-order valence-electron chi connectivity index (χ2n) is 3.28. The van der Waals surface area contributed by atoms with Crippen molar-refractivity contribution in [1.29, 1.82) is 5.26 Å². The molecule has 0 radical (unpaired) electrons. The van der Waals surface area contributed by atoms with Crippen molar-refractivity contribution in [2.24, 2.45) is 0 Å². The zero-order valence-electron chi connectivity index (χ0n) is 8.48. The molecule has 9 heteroatoms. The molecule has 18 heavy (non-hydrogen) atoms. The van der Waals surface area contributed by atoms with Gasteiger partial charge >= 0.3 is 11.1 Å². The zero-order chi connectivity index (χ0) is 13.4. The fraction of sp³-hybridized carbons (Fsp3) is 0. The molecule has 0 saturated carbocycles. The van der Waals surface area contributed by atoms with Gasteiger partial charge in [-0.2, -0.15) is 5.26 Å². The van der Waals surface area contributed by atoms with Crippen LogP contribution in [0.5, 0.6) is 0 Å². The van der Waals surface area contributed by atoms with Crippen LogP contribution in [0, 0.1) is 21.4 Å². The number of H-pyrrole nitrogens is 2. The number of rotatable bonds is 1. The SMILES string of the molecule is N#Cc1c(Cl)c([N+](=O)[O-])cc2[nH]c(=O)c(=O)[nH]c12. The van der Waals surface area contributed by atoms with Gasteiger partial charge < -0.3 is 9.97 Å². The Hall–Kier alpha value is -2.66. The normalized spacial score (nSPS) is 10.2. The summed E-state index contributed by atoms with van der Waals surface area (Å²) in [7, 11) is 0. The lowest BCUT2D eigenvalue weighted by molar-refractivity contribution is -0.384. The van der Waals surface area contributed by atoms with Gasteiger partial charge in [0.2, 0.25) is 0 Å². The lowest BCUT2D eigenvalue weighted by atomic mass is 10.1. The molecule has 0 amide bonds. The molecule has 0 fully saturated rings. The Labute approximate surface area is 103 Å². The minimum Gasteiger partial charge on any atom is -0.316 e. The number of nitriles is 1. The number of aromatic nitrogens is 2. The van der Waals surface area contributed by atoms with Crippen LogP contribution in [0.2, 0.25) is 5.02 Å². The lowest BCUT2D eigenvalue weighted by Crippen LogP contribution is -2.29. The molecule has 2 N–H and O–H groups in total. The standard InChI is InChI=1S/C9H3ClN4O4/c10-6-3(2-11)7-4(1-5(6)14(17)18)12-8(15)9(16)13-7/h1H,(H,12,15)(H,13,16). The summed E-state index contributed by atoms with van der Waals surface area (Å²) in [5.74, 6) is 0. The smallest absolute Gasteiger partial charge is 0.314 e. The van der Waals surface area contributed by atoms with Crippen LogP contribution in [0.1, 0.15) is 5.56 Å². The van der Waals surface area contributed by atoms with E-state index >= 15 is 0 Å². The number of fused-ring (bicyclic) bond motifs is 1. The molecule has 8 nitrogen and oxygen atoms in total. The second kappa shape index (κ2) is 3.97. The van der Waals surface area contributed by atoms with E-state index in [-0.39, 0.29) is 16.6 Å². The zero-order valence-corrected chi connectivity index (χ0v) is 9.24. The quantitative estimate of drug-likeness (QED) is 0.444. The first-order chi connectivity index (χ1) is 8.45. The number of halogens is 1. The minimum absolute atomic E-state index is 0.0350. The first-order valence-corrected chi connectivity index (χ1v) is 4.86. The number of benzene rings is 1. The number of hydrogen-bond acceptors (Lipinski definition) is 5. The fourth-order valence-corrected chi connectivity index (χ4v) is 1.72. The van der Waals surface area contributed by atoms with E-state index in [4.69, 9.17) is 16.9 Å². The van der Waals surface area contributed by atoms with Crippen molar-refractivity contribution in [2.45, 2.75) is 0 Å². The van der Waals surface area contributed by atoms with E-state index in [0.717, 1.165) is 6.07 Å². The van der Waals surface area contributed by atoms with E-state index < -0.39 is 26.8 Å². The molecular formula is C9H3ClN4O4. The molecule has 0 bridgehead atoms. The molecular weight excluding hydrogens is 264 g/mol. The molecule has 1 aromatic heterocycles. The van der Waals surface area contributed by atoms with E-state index in [0.29, 0.717) is 0 Å². The van der Waals surface area contributed by atoms with E-state index in [1.807, 2.05) is 0 Å². The predicted octanol–water partition coefficient (Wildman–Crippen LogP) is 0.650. The molecule has 90 valence electrons. The Morgan fingerprint density at radius 1 is 1.33 bits per heavy atom. The summed E-state index contributed by atoms with van der Waals surface area (Å²) in [6.45, 7) is 0. The largest absolute Gasteiger partial charge is 0.316 e. The van der Waals surface area contributed by atoms with Gasteiger partial charge in [-0.25, -0.2) is 0 Å². The maximum Gasteiger partial charge on any atom is 0.314 e. The van der Waals surface area contributed by atoms with Crippen LogP contribution in [0.4, 0.5) is 5.69 Å². The summed E-state index contributed by atoms with van der Waals surface area (Å²) < 4.78 is 0. The molecule has 1 heterocycles. The van der Waals surface area contributed by atoms with Crippen molar-refractivity contribution in [3.8, 4) is 6.07 Å². The highest BCUT2D eigenvalue weighted by molar-refractivity contribution is 6.34. The van der Waals surface area contributed by atoms with Gasteiger partial charge in [0.05, 0.1) is 16.0 Å². The Bertz CT molecular complexity index is 829. The Morgan fingerprint density at radius 2 is 1.94 bits per heavy atom. The van der Waals surface area contributed by atoms with Gasteiger partial charge in [-0.05, 0) is 0 Å². The Kier molecular flexibility index (Phi) is 2.61. The summed E-state index contributed by atoms with van der Waals surface area (Å²) in [6, 6.07) is 2.63. The van der Waals surface area contributed by atoms with Gasteiger partial charge in [0.1, 0.15) is 16.7 Å². The first-order valence-electron chi connectivity index (χ1n) is 4.49. The first kappa shape index (κ1) is 11.8. The van der Waals surface area contributed by atoms with Crippen molar-refractivity contribution < 1.29 is 4.92 Å². The van der Waals surface area contributed by atoms with Crippen LogP contribution in [0.25, 0.3) is 11.0 Å². The number of nitrogens with zero attached hydrogens (tertiary/aromatic N) is 2. The summed E-state index contributed by atoms with van der Waals surface area (Å²) in [5.41, 5.74) is -2.81. The number of aromatic amines is 2. The van der Waals surface area contributed by atoms with Gasteiger partial charge in [-0.1, -0.05) is 11.6 Å². The van der Waals surface area contributed by atoms with Crippen LogP contribution in [0.3, 0.4) is 0 Å². The number of nitrogens with one attached hydrogen (secondary N) is 2. The highest BCUT2D eigenvalue weighted by Crippen LogP contribution is 2.31. The molecule has 2 aromatic rings. The van der Waals surface area contributed by atoms with Gasteiger partial charge in [-0.3, -0.25) is 19.7 Å². The number of hydrogen-bond donors (Lipinski definition) is 2. The van der Waals surface area contributed by atoms with Crippen LogP contribution in [-0.2, 0) is 0 Å². The van der Waals surface area contributed by atoms with Crippen LogP contribution >= 0.6 is 11.6 Å². The van der Waals surface area contributed by atoms with Crippen LogP contribution < -0.4 is 11.1 Å². The topological polar surface area (TPSA) is 133 Å². The molecule has 0 unspecified atom stereocenters. The lowest BCUT2D eigenvalue weighted by Gasteiger charge is -2.02. The van der Waals surface area contributed by atoms with E-state index in [2.05, 4.69) is 9.97 Å². The Balaban J connectivity index is 3.08. The molecule has 1 aromatic carbocycles. The van der Waals surface area contributed by atoms with Crippen LogP contribution in [-0.4, -0.2) is 14.9 Å². The van der Waals surface area contributed by atoms with Crippen molar-refractivity contribution in [3.63, 3.8) is 0 Å². The van der Waals surface area contributed by atoms with Crippen LogP contribution in [0.15, 0.2) is 15.7 Å². The van der Waals surface area contributed by atoms with Gasteiger partial charge in [0, 0.05) is 6.07 Å². The van der Waals surface area contributed by atoms with Gasteiger partial charge in [0.15, 0.2) is 0 Å². The molecule has 0 aliphatic carbocycles. The maximum atomic E-state index is 11.1. The third kappa shape index (κ3) is 1.63. The van der Waals surface area contributed by atoms with E-state index in [1.54, 1.807) is 6.07 Å². The maximum absolute atomic E-state index is 11.1. The number of nitro groups is 1. The average molecular weight is 267 g/mol. The summed E-state index contributed by atoms with van der Waals surface area (Å²) in [6.07, 6.45) is 0. The molecule has 0 saturated heterocycles. The minimum atomic E-state index is -0.969. The molecule has 0 aliphatic rings. The van der Waals surface area contributed by atoms with Crippen molar-refractivity contribution in [3.05, 3.63) is 47.5 Å². The summed E-state index contributed by atoms with van der Waals surface area (Å²) >= 11 is 5.70. The summed E-state index contributed by atoms with van der Waals surface area (Å²) in [4.78, 5) is 36.5.